The van der Waals surface area contributed by atoms with E-state index in [9.17, 15) is 19.0 Å². The first-order valence-electron chi connectivity index (χ1n) is 19.2. The van der Waals surface area contributed by atoms with Gasteiger partial charge in [0.1, 0.15) is 12.1 Å². The molecule has 0 aliphatic carbocycles. The number of rotatable bonds is 36. The van der Waals surface area contributed by atoms with E-state index in [1.54, 1.807) is 0 Å². The van der Waals surface area contributed by atoms with Gasteiger partial charge >= 0.3 is 19.8 Å². The van der Waals surface area contributed by atoms with E-state index in [0.29, 0.717) is 13.0 Å². The smallest absolute Gasteiger partial charge is 0.472 e. The third kappa shape index (κ3) is 34.4. The second-order valence-corrected chi connectivity index (χ2v) is 14.1. The predicted molar refractivity (Wildman–Crippen MR) is 203 cm³/mol. The Balaban J connectivity index is 4.21. The van der Waals surface area contributed by atoms with Crippen molar-refractivity contribution in [3.8, 4) is 0 Å². The predicted octanol–water partition coefficient (Wildman–Crippen LogP) is 9.92. The number of carbonyl (C=O) groups excluding carboxylic acids is 1. The Morgan fingerprint density at radius 1 is 0.660 bits per heavy atom. The van der Waals surface area contributed by atoms with Gasteiger partial charge in [-0.05, 0) is 51.4 Å². The summed E-state index contributed by atoms with van der Waals surface area (Å²) in [6, 6.07) is -1.47. The normalized spacial score (nSPS) is 14.6. The van der Waals surface area contributed by atoms with Crippen molar-refractivity contribution in [3.05, 3.63) is 48.6 Å². The van der Waals surface area contributed by atoms with Gasteiger partial charge < -0.3 is 25.2 Å². The Labute approximate surface area is 303 Å². The van der Waals surface area contributed by atoms with Crippen molar-refractivity contribution in [2.75, 3.05) is 26.4 Å². The zero-order valence-corrected chi connectivity index (χ0v) is 32.1. The molecule has 0 aliphatic heterocycles. The van der Waals surface area contributed by atoms with Crippen molar-refractivity contribution in [2.24, 2.45) is 5.73 Å². The van der Waals surface area contributed by atoms with E-state index in [4.69, 9.17) is 24.8 Å². The molecule has 290 valence electrons. The van der Waals surface area contributed by atoms with Crippen LogP contribution in [-0.4, -0.2) is 60.5 Å². The van der Waals surface area contributed by atoms with Gasteiger partial charge in [-0.1, -0.05) is 140 Å². The summed E-state index contributed by atoms with van der Waals surface area (Å²) in [6.07, 6.45) is 38.9. The van der Waals surface area contributed by atoms with Crippen molar-refractivity contribution >= 4 is 19.8 Å². The van der Waals surface area contributed by atoms with Gasteiger partial charge in [-0.25, -0.2) is 4.57 Å². The van der Waals surface area contributed by atoms with E-state index in [1.807, 2.05) is 0 Å². The van der Waals surface area contributed by atoms with Crippen LogP contribution in [0.1, 0.15) is 149 Å². The first kappa shape index (κ1) is 47.9. The average molecular weight is 728 g/mol. The number of carbonyl (C=O) groups is 2. The van der Waals surface area contributed by atoms with Crippen LogP contribution in [0.5, 0.6) is 0 Å². The van der Waals surface area contributed by atoms with Crippen LogP contribution in [0.3, 0.4) is 0 Å². The Hall–Kier alpha value is -2.07. The van der Waals surface area contributed by atoms with Gasteiger partial charge in [-0.15, -0.1) is 0 Å². The Kier molecular flexibility index (Phi) is 33.9. The topological polar surface area (TPSA) is 155 Å². The molecule has 50 heavy (non-hydrogen) atoms. The lowest BCUT2D eigenvalue weighted by atomic mass is 10.1. The lowest BCUT2D eigenvalue weighted by Crippen LogP contribution is -2.34. The molecular formula is C39H70NO9P. The number of unbranched alkanes of at least 4 members (excludes halogenated alkanes) is 14. The maximum atomic E-state index is 12.5. The molecule has 0 aromatic rings. The van der Waals surface area contributed by atoms with Crippen molar-refractivity contribution in [1.29, 1.82) is 0 Å². The minimum absolute atomic E-state index is 0.00903. The highest BCUT2D eigenvalue weighted by Gasteiger charge is 2.27. The number of phosphoric ester groups is 1. The number of phosphoric acid groups is 1. The van der Waals surface area contributed by atoms with Crippen molar-refractivity contribution < 1.29 is 42.7 Å². The molecule has 0 amide bonds. The fraction of sp³-hybridized carbons (Fsp3) is 0.744. The maximum Gasteiger partial charge on any atom is 0.472 e. The van der Waals surface area contributed by atoms with E-state index in [-0.39, 0.29) is 13.0 Å². The molecule has 10 nitrogen and oxygen atoms in total. The van der Waals surface area contributed by atoms with Gasteiger partial charge in [-0.2, -0.15) is 0 Å². The van der Waals surface area contributed by atoms with Gasteiger partial charge in [0.15, 0.2) is 0 Å². The van der Waals surface area contributed by atoms with Gasteiger partial charge in [-0.3, -0.25) is 18.6 Å². The number of esters is 1. The summed E-state index contributed by atoms with van der Waals surface area (Å²) < 4.78 is 33.1. The molecule has 0 saturated carbocycles. The quantitative estimate of drug-likeness (QED) is 0.0246. The maximum absolute atomic E-state index is 12.5. The van der Waals surface area contributed by atoms with Crippen LogP contribution < -0.4 is 5.73 Å². The molecule has 11 heteroatoms. The summed E-state index contributed by atoms with van der Waals surface area (Å²) in [6.45, 7) is 3.68. The Morgan fingerprint density at radius 3 is 1.74 bits per heavy atom. The minimum atomic E-state index is -4.61. The highest BCUT2D eigenvalue weighted by molar-refractivity contribution is 7.47. The largest absolute Gasteiger partial charge is 0.480 e. The lowest BCUT2D eigenvalue weighted by molar-refractivity contribution is -0.154. The highest BCUT2D eigenvalue weighted by Crippen LogP contribution is 2.43. The average Bonchev–Trinajstić information content (AvgIpc) is 3.09. The summed E-state index contributed by atoms with van der Waals surface area (Å²) in [5.41, 5.74) is 5.33. The number of allylic oxidation sites excluding steroid dienone is 8. The number of hydrogen-bond acceptors (Lipinski definition) is 8. The van der Waals surface area contributed by atoms with Crippen LogP contribution in [0.25, 0.3) is 0 Å². The first-order valence-corrected chi connectivity index (χ1v) is 20.7. The molecular weight excluding hydrogens is 657 g/mol. The molecule has 4 N–H and O–H groups in total. The molecule has 0 fully saturated rings. The third-order valence-corrected chi connectivity index (χ3v) is 8.82. The molecule has 0 radical (unpaired) electrons. The first-order chi connectivity index (χ1) is 24.2. The fourth-order valence-electron chi connectivity index (χ4n) is 4.89. The molecule has 0 aliphatic rings. The summed E-state index contributed by atoms with van der Waals surface area (Å²) >= 11 is 0. The number of hydrogen-bond donors (Lipinski definition) is 3. The van der Waals surface area contributed by atoms with Crippen LogP contribution in [0.15, 0.2) is 48.6 Å². The number of ether oxygens (including phenoxy) is 2. The summed E-state index contributed by atoms with van der Waals surface area (Å²) in [7, 11) is -4.61. The SMILES string of the molecule is CC/C=C\C/C=C\C/C=C\C/C=C\CCCCCCCCCOCC(COP(=O)(O)OCC(N)C(=O)O)OC(=O)CCCCCCCCCC. The van der Waals surface area contributed by atoms with Crippen molar-refractivity contribution in [2.45, 2.75) is 161 Å². The second kappa shape index (κ2) is 35.3. The van der Waals surface area contributed by atoms with E-state index in [2.05, 4.69) is 67.0 Å². The third-order valence-electron chi connectivity index (χ3n) is 7.87. The second-order valence-electron chi connectivity index (χ2n) is 12.7. The van der Waals surface area contributed by atoms with E-state index in [0.717, 1.165) is 70.6 Å². The Morgan fingerprint density at radius 2 is 1.16 bits per heavy atom. The zero-order chi connectivity index (χ0) is 37.0. The van der Waals surface area contributed by atoms with E-state index >= 15 is 0 Å². The number of aliphatic carboxylic acids is 1. The van der Waals surface area contributed by atoms with Gasteiger partial charge in [0.25, 0.3) is 0 Å². The molecule has 0 spiro atoms. The molecule has 0 aromatic carbocycles. The standard InChI is InChI=1S/C39H70NO9P/c1-3-5-7-9-11-13-14-15-16-17-18-19-20-21-22-23-24-26-28-30-32-46-33-36(34-47-50(44,45)48-35-37(40)39(42)43)49-38(41)31-29-27-25-12-10-8-6-4-2/h5,7,11,13,15-16,18-19,36-37H,3-4,6,8-10,12,14,17,20-35,40H2,1-2H3,(H,42,43)(H,44,45)/b7-5-,13-11-,16-15-,19-18-. The van der Waals surface area contributed by atoms with E-state index in [1.165, 1.54) is 51.4 Å². The fourth-order valence-corrected chi connectivity index (χ4v) is 5.67. The van der Waals surface area contributed by atoms with Crippen molar-refractivity contribution in [1.82, 2.24) is 0 Å². The zero-order valence-electron chi connectivity index (χ0n) is 31.2. The van der Waals surface area contributed by atoms with Crippen LogP contribution >= 0.6 is 7.82 Å². The van der Waals surface area contributed by atoms with Crippen LogP contribution in [0.4, 0.5) is 0 Å². The molecule has 0 rings (SSSR count). The molecule has 0 saturated heterocycles. The molecule has 3 atom stereocenters. The van der Waals surface area contributed by atoms with Crippen molar-refractivity contribution in [3.63, 3.8) is 0 Å². The number of nitrogens with two attached hydrogens (primary N) is 1. The summed E-state index contributed by atoms with van der Waals surface area (Å²) in [5, 5.41) is 8.85. The summed E-state index contributed by atoms with van der Waals surface area (Å²) in [4.78, 5) is 33.3. The molecule has 3 unspecified atom stereocenters. The number of carboxylic acids is 1. The minimum Gasteiger partial charge on any atom is -0.480 e. The summed E-state index contributed by atoms with van der Waals surface area (Å²) in [5.74, 6) is -1.79. The lowest BCUT2D eigenvalue weighted by Gasteiger charge is -2.20. The van der Waals surface area contributed by atoms with Crippen LogP contribution in [-0.2, 0) is 32.7 Å². The highest BCUT2D eigenvalue weighted by atomic mass is 31.2. The monoisotopic (exact) mass is 727 g/mol. The van der Waals surface area contributed by atoms with Crippen LogP contribution in [0.2, 0.25) is 0 Å². The van der Waals surface area contributed by atoms with Gasteiger partial charge in [0.05, 0.1) is 19.8 Å². The molecule has 0 bridgehead atoms. The number of carboxylic acid groups (broad SMARTS) is 1. The van der Waals surface area contributed by atoms with Gasteiger partial charge in [0, 0.05) is 13.0 Å². The Bertz CT molecular complexity index is 983. The van der Waals surface area contributed by atoms with Crippen LogP contribution in [0, 0.1) is 0 Å². The van der Waals surface area contributed by atoms with Gasteiger partial charge in [0.2, 0.25) is 0 Å². The van der Waals surface area contributed by atoms with E-state index < -0.39 is 45.1 Å². The molecule has 0 aromatic heterocycles. The molecule has 0 heterocycles.